The molecule has 1 fully saturated rings. The Kier molecular flexibility index (Phi) is 2.88. The van der Waals surface area contributed by atoms with Gasteiger partial charge in [-0.05, 0) is 13.3 Å². The van der Waals surface area contributed by atoms with E-state index in [9.17, 15) is 14.4 Å². The Bertz CT molecular complexity index is 288. The summed E-state index contributed by atoms with van der Waals surface area (Å²) < 4.78 is 0. The van der Waals surface area contributed by atoms with Crippen LogP contribution in [0.25, 0.3) is 0 Å². The summed E-state index contributed by atoms with van der Waals surface area (Å²) in [6.07, 6.45) is 0.392. The SMILES string of the molecule is CC(=O)[C@H](C)CC1C(=O)NC(=O)N1C. The summed E-state index contributed by atoms with van der Waals surface area (Å²) in [5, 5.41) is 2.20. The number of nitrogens with zero attached hydrogens (tertiary/aromatic N) is 1. The molecule has 0 saturated carbocycles. The van der Waals surface area contributed by atoms with Gasteiger partial charge in [-0.2, -0.15) is 0 Å². The first kappa shape index (κ1) is 10.7. The van der Waals surface area contributed by atoms with Crippen LogP contribution < -0.4 is 5.32 Å². The lowest BCUT2D eigenvalue weighted by Crippen LogP contribution is -2.34. The van der Waals surface area contributed by atoms with Crippen LogP contribution in [0.2, 0.25) is 0 Å². The second-order valence-corrected chi connectivity index (χ2v) is 3.67. The van der Waals surface area contributed by atoms with Gasteiger partial charge in [0.05, 0.1) is 0 Å². The van der Waals surface area contributed by atoms with Crippen LogP contribution in [-0.2, 0) is 9.59 Å². The molecule has 1 rings (SSSR count). The average Bonchev–Trinajstić information content (AvgIpc) is 2.32. The number of amides is 3. The minimum atomic E-state index is -0.499. The number of rotatable bonds is 3. The highest BCUT2D eigenvalue weighted by molar-refractivity contribution is 6.04. The summed E-state index contributed by atoms with van der Waals surface area (Å²) in [6.45, 7) is 3.24. The molecule has 5 heteroatoms. The van der Waals surface area contributed by atoms with Crippen LogP contribution in [0.3, 0.4) is 0 Å². The maximum absolute atomic E-state index is 11.3. The zero-order valence-corrected chi connectivity index (χ0v) is 8.53. The van der Waals surface area contributed by atoms with Crippen molar-refractivity contribution in [2.75, 3.05) is 7.05 Å². The Morgan fingerprint density at radius 2 is 2.14 bits per heavy atom. The predicted octanol–water partition coefficient (Wildman–Crippen LogP) is 0.152. The number of Topliss-reactive ketones (excluding diaryl/α,β-unsaturated/α-hetero) is 1. The molecule has 14 heavy (non-hydrogen) atoms. The second-order valence-electron chi connectivity index (χ2n) is 3.67. The molecule has 0 radical (unpaired) electrons. The minimum Gasteiger partial charge on any atom is -0.315 e. The number of likely N-dealkylation sites (N-methyl/N-ethyl adjacent to an activating group) is 1. The number of carbonyl (C=O) groups excluding carboxylic acids is 3. The third kappa shape index (κ3) is 1.92. The fourth-order valence-corrected chi connectivity index (χ4v) is 1.36. The van der Waals surface area contributed by atoms with Gasteiger partial charge in [-0.1, -0.05) is 6.92 Å². The molecule has 0 spiro atoms. The van der Waals surface area contributed by atoms with Crippen LogP contribution >= 0.6 is 0 Å². The van der Waals surface area contributed by atoms with Crippen molar-refractivity contribution >= 4 is 17.7 Å². The topological polar surface area (TPSA) is 66.5 Å². The molecule has 1 heterocycles. The van der Waals surface area contributed by atoms with Crippen molar-refractivity contribution in [1.82, 2.24) is 10.2 Å². The summed E-state index contributed by atoms with van der Waals surface area (Å²) in [7, 11) is 1.55. The lowest BCUT2D eigenvalue weighted by molar-refractivity contribution is -0.123. The summed E-state index contributed by atoms with van der Waals surface area (Å²) in [5.41, 5.74) is 0. The number of hydrogen-bond acceptors (Lipinski definition) is 3. The Hall–Kier alpha value is -1.39. The van der Waals surface area contributed by atoms with E-state index in [0.717, 1.165) is 0 Å². The number of hydrogen-bond donors (Lipinski definition) is 1. The molecule has 1 aliphatic heterocycles. The maximum Gasteiger partial charge on any atom is 0.324 e. The third-order valence-corrected chi connectivity index (χ3v) is 2.59. The Morgan fingerprint density at radius 1 is 1.57 bits per heavy atom. The molecule has 2 atom stereocenters. The van der Waals surface area contributed by atoms with Gasteiger partial charge in [-0.25, -0.2) is 4.79 Å². The zero-order chi connectivity index (χ0) is 10.9. The smallest absolute Gasteiger partial charge is 0.315 e. The van der Waals surface area contributed by atoms with Gasteiger partial charge >= 0.3 is 6.03 Å². The van der Waals surface area contributed by atoms with Gasteiger partial charge in [-0.3, -0.25) is 14.9 Å². The van der Waals surface area contributed by atoms with Crippen molar-refractivity contribution in [2.45, 2.75) is 26.3 Å². The van der Waals surface area contributed by atoms with Crippen molar-refractivity contribution in [3.8, 4) is 0 Å². The molecule has 0 aliphatic carbocycles. The molecular weight excluding hydrogens is 184 g/mol. The van der Waals surface area contributed by atoms with Crippen LogP contribution in [0.1, 0.15) is 20.3 Å². The molecule has 0 bridgehead atoms. The van der Waals surface area contributed by atoms with Crippen LogP contribution in [-0.4, -0.2) is 35.7 Å². The maximum atomic E-state index is 11.3. The first-order valence-electron chi connectivity index (χ1n) is 4.51. The summed E-state index contributed by atoms with van der Waals surface area (Å²) >= 11 is 0. The normalized spacial score (nSPS) is 23.6. The Balaban J connectivity index is 2.65. The van der Waals surface area contributed by atoms with Crippen molar-refractivity contribution in [1.29, 1.82) is 0 Å². The molecule has 5 nitrogen and oxygen atoms in total. The van der Waals surface area contributed by atoms with Crippen molar-refractivity contribution in [3.05, 3.63) is 0 Å². The van der Waals surface area contributed by atoms with Crippen LogP contribution in [0, 0.1) is 5.92 Å². The van der Waals surface area contributed by atoms with E-state index in [-0.39, 0.29) is 17.6 Å². The molecule has 78 valence electrons. The van der Waals surface area contributed by atoms with Gasteiger partial charge in [0.15, 0.2) is 0 Å². The van der Waals surface area contributed by atoms with E-state index in [1.54, 1.807) is 14.0 Å². The minimum absolute atomic E-state index is 0.0329. The van der Waals surface area contributed by atoms with E-state index in [1.165, 1.54) is 11.8 Å². The van der Waals surface area contributed by atoms with Gasteiger partial charge in [0.1, 0.15) is 11.8 Å². The number of ketones is 1. The number of urea groups is 1. The second kappa shape index (κ2) is 3.77. The molecular formula is C9H14N2O3. The highest BCUT2D eigenvalue weighted by Crippen LogP contribution is 2.15. The average molecular weight is 198 g/mol. The summed E-state index contributed by atoms with van der Waals surface area (Å²) in [5.74, 6) is -0.477. The summed E-state index contributed by atoms with van der Waals surface area (Å²) in [6, 6.07) is -0.892. The zero-order valence-electron chi connectivity index (χ0n) is 8.53. The molecule has 1 aliphatic rings. The standard InChI is InChI=1S/C9H14N2O3/c1-5(6(2)12)4-7-8(13)10-9(14)11(7)3/h5,7H,4H2,1-3H3,(H,10,13,14)/t5-,7?/m1/s1. The highest BCUT2D eigenvalue weighted by atomic mass is 16.2. The van der Waals surface area contributed by atoms with Crippen molar-refractivity contribution < 1.29 is 14.4 Å². The molecule has 3 amide bonds. The Morgan fingerprint density at radius 3 is 2.50 bits per heavy atom. The fourth-order valence-electron chi connectivity index (χ4n) is 1.36. The lowest BCUT2D eigenvalue weighted by atomic mass is 9.98. The van der Waals surface area contributed by atoms with Crippen molar-refractivity contribution in [2.24, 2.45) is 5.92 Å². The highest BCUT2D eigenvalue weighted by Gasteiger charge is 2.36. The van der Waals surface area contributed by atoms with Crippen LogP contribution in [0.4, 0.5) is 4.79 Å². The number of imide groups is 1. The first-order valence-corrected chi connectivity index (χ1v) is 4.51. The predicted molar refractivity (Wildman–Crippen MR) is 49.6 cm³/mol. The van der Waals surface area contributed by atoms with E-state index in [2.05, 4.69) is 5.32 Å². The largest absolute Gasteiger partial charge is 0.324 e. The molecule has 1 N–H and O–H groups in total. The van der Waals surface area contributed by atoms with Crippen LogP contribution in [0.15, 0.2) is 0 Å². The third-order valence-electron chi connectivity index (χ3n) is 2.59. The first-order chi connectivity index (χ1) is 6.43. The monoisotopic (exact) mass is 198 g/mol. The molecule has 0 aromatic rings. The summed E-state index contributed by atoms with van der Waals surface area (Å²) in [4.78, 5) is 34.6. The number of carbonyl (C=O) groups is 3. The van der Waals surface area contributed by atoms with E-state index in [0.29, 0.717) is 6.42 Å². The molecule has 0 aromatic carbocycles. The van der Waals surface area contributed by atoms with E-state index in [4.69, 9.17) is 0 Å². The van der Waals surface area contributed by atoms with Crippen molar-refractivity contribution in [3.63, 3.8) is 0 Å². The quantitative estimate of drug-likeness (QED) is 0.656. The van der Waals surface area contributed by atoms with Gasteiger partial charge in [0.2, 0.25) is 0 Å². The van der Waals surface area contributed by atoms with Gasteiger partial charge in [0.25, 0.3) is 5.91 Å². The lowest BCUT2D eigenvalue weighted by Gasteiger charge is -2.18. The molecule has 1 unspecified atom stereocenters. The van der Waals surface area contributed by atoms with Crippen LogP contribution in [0.5, 0.6) is 0 Å². The molecule has 0 aromatic heterocycles. The van der Waals surface area contributed by atoms with E-state index >= 15 is 0 Å². The fraction of sp³-hybridized carbons (Fsp3) is 0.667. The van der Waals surface area contributed by atoms with E-state index in [1.807, 2.05) is 0 Å². The van der Waals surface area contributed by atoms with E-state index < -0.39 is 12.1 Å². The van der Waals surface area contributed by atoms with Gasteiger partial charge < -0.3 is 4.90 Å². The molecule has 1 saturated heterocycles. The van der Waals surface area contributed by atoms with Gasteiger partial charge in [0, 0.05) is 13.0 Å². The Labute approximate surface area is 82.4 Å². The number of nitrogens with one attached hydrogen (secondary N) is 1. The van der Waals surface area contributed by atoms with Gasteiger partial charge in [-0.15, -0.1) is 0 Å².